The molecule has 5 aromatic carbocycles. The Kier molecular flexibility index (Phi) is 5.24. The van der Waals surface area contributed by atoms with Crippen molar-refractivity contribution in [2.24, 2.45) is 0 Å². The van der Waals surface area contributed by atoms with Crippen LogP contribution in [0.25, 0.3) is 43.1 Å². The first-order chi connectivity index (χ1) is 16.7. The van der Waals surface area contributed by atoms with Crippen LogP contribution in [0.2, 0.25) is 0 Å². The van der Waals surface area contributed by atoms with Crippen molar-refractivity contribution in [1.29, 1.82) is 0 Å². The van der Waals surface area contributed by atoms with Crippen molar-refractivity contribution in [1.82, 2.24) is 0 Å². The van der Waals surface area contributed by atoms with E-state index in [1.165, 1.54) is 0 Å². The second-order valence-corrected chi connectivity index (χ2v) is 10.5. The molecule has 5 aromatic rings. The van der Waals surface area contributed by atoms with Crippen LogP contribution in [0.4, 0.5) is 17.6 Å². The first-order valence-corrected chi connectivity index (χ1v) is 12.3. The van der Waals surface area contributed by atoms with Crippen molar-refractivity contribution in [2.45, 2.75) is 69.2 Å². The minimum atomic E-state index is -0.583. The first-order valence-electron chi connectivity index (χ1n) is 12.3. The summed E-state index contributed by atoms with van der Waals surface area (Å²) in [6.07, 6.45) is 0. The summed E-state index contributed by atoms with van der Waals surface area (Å²) in [5.74, 6) is -2.33. The summed E-state index contributed by atoms with van der Waals surface area (Å²) in [7, 11) is 0. The molecule has 0 fully saturated rings. The van der Waals surface area contributed by atoms with Crippen LogP contribution in [0.3, 0.4) is 0 Å². The Morgan fingerprint density at radius 2 is 0.361 bits per heavy atom. The Labute approximate surface area is 208 Å². The van der Waals surface area contributed by atoms with E-state index in [9.17, 15) is 0 Å². The zero-order chi connectivity index (χ0) is 26.7. The van der Waals surface area contributed by atoms with Gasteiger partial charge in [-0.1, -0.05) is 0 Å². The second-order valence-electron chi connectivity index (χ2n) is 10.5. The fraction of sp³-hybridized carbons (Fsp3) is 0.312. The quantitative estimate of drug-likeness (QED) is 0.150. The molecule has 0 aliphatic rings. The third kappa shape index (κ3) is 2.70. The SMILES string of the molecule is Cc1c(C)c(C)c2c(F)c3c(C)c4c(F)c5c(C)c(C)c(C)c(C)c5c(F)c4c(C)c3c(F)c2c1C. The van der Waals surface area contributed by atoms with Crippen molar-refractivity contribution < 1.29 is 17.6 Å². The molecule has 0 nitrogen and oxygen atoms in total. The minimum absolute atomic E-state index is 0.0200. The predicted molar refractivity (Wildman–Crippen MR) is 144 cm³/mol. The van der Waals surface area contributed by atoms with Crippen LogP contribution in [-0.2, 0) is 0 Å². The van der Waals surface area contributed by atoms with Gasteiger partial charge in [-0.2, -0.15) is 0 Å². The lowest BCUT2D eigenvalue weighted by Gasteiger charge is -2.22. The highest BCUT2D eigenvalue weighted by Crippen LogP contribution is 2.46. The van der Waals surface area contributed by atoms with Crippen LogP contribution in [0, 0.1) is 92.5 Å². The van der Waals surface area contributed by atoms with Gasteiger partial charge in [0.2, 0.25) is 0 Å². The van der Waals surface area contributed by atoms with E-state index in [0.717, 1.165) is 22.3 Å². The highest BCUT2D eigenvalue weighted by molar-refractivity contribution is 6.16. The largest absolute Gasteiger partial charge is 0.206 e. The number of fused-ring (bicyclic) bond motifs is 4. The molecule has 5 rings (SSSR count). The third-order valence-corrected chi connectivity index (χ3v) is 9.13. The summed E-state index contributed by atoms with van der Waals surface area (Å²) in [6, 6.07) is 0. The maximum Gasteiger partial charge on any atom is 0.139 e. The van der Waals surface area contributed by atoms with E-state index in [2.05, 4.69) is 0 Å². The maximum atomic E-state index is 16.4. The van der Waals surface area contributed by atoms with Crippen LogP contribution in [0.15, 0.2) is 0 Å². The van der Waals surface area contributed by atoms with Crippen molar-refractivity contribution in [3.63, 3.8) is 0 Å². The molecule has 0 spiro atoms. The molecule has 0 aliphatic heterocycles. The Hall–Kier alpha value is -3.14. The van der Waals surface area contributed by atoms with E-state index in [-0.39, 0.29) is 54.2 Å². The zero-order valence-electron chi connectivity index (χ0n) is 22.5. The predicted octanol–water partition coefficient (Wildman–Crippen LogP) is 9.94. The van der Waals surface area contributed by atoms with Gasteiger partial charge >= 0.3 is 0 Å². The standard InChI is InChI=1S/C32H30F4/c1-11-12(2)16(6)22-21(15(11)5)29(33)25-19(9)27-28(20(10)26(25)30(22)34)32(36)24-18(8)14(4)13(3)17(7)23(24)31(27)35/h1-10H3. The average molecular weight is 491 g/mol. The number of aryl methyl sites for hydroxylation is 6. The van der Waals surface area contributed by atoms with E-state index in [1.807, 2.05) is 27.7 Å². The van der Waals surface area contributed by atoms with Crippen LogP contribution in [0.1, 0.15) is 55.6 Å². The molecule has 0 saturated carbocycles. The van der Waals surface area contributed by atoms with Gasteiger partial charge in [0.15, 0.2) is 0 Å². The van der Waals surface area contributed by atoms with E-state index in [1.54, 1.807) is 41.5 Å². The van der Waals surface area contributed by atoms with Crippen molar-refractivity contribution in [2.75, 3.05) is 0 Å². The summed E-state index contributed by atoms with van der Waals surface area (Å²) in [5, 5.41) is 0.923. The molecule has 0 amide bonds. The lowest BCUT2D eigenvalue weighted by molar-refractivity contribution is 0.628. The van der Waals surface area contributed by atoms with Crippen molar-refractivity contribution >= 4 is 43.1 Å². The van der Waals surface area contributed by atoms with Crippen LogP contribution < -0.4 is 0 Å². The summed E-state index contributed by atoms with van der Waals surface area (Å²) >= 11 is 0. The van der Waals surface area contributed by atoms with Gasteiger partial charge < -0.3 is 0 Å². The number of rotatable bonds is 0. The topological polar surface area (TPSA) is 0 Å². The smallest absolute Gasteiger partial charge is 0.139 e. The number of halogens is 4. The van der Waals surface area contributed by atoms with Gasteiger partial charge in [0, 0.05) is 43.1 Å². The second kappa shape index (κ2) is 7.68. The Balaban J connectivity index is 2.22. The van der Waals surface area contributed by atoms with Gasteiger partial charge in [-0.15, -0.1) is 0 Å². The van der Waals surface area contributed by atoms with Crippen LogP contribution >= 0.6 is 0 Å². The highest BCUT2D eigenvalue weighted by atomic mass is 19.1. The third-order valence-electron chi connectivity index (χ3n) is 9.13. The fourth-order valence-corrected chi connectivity index (χ4v) is 6.32. The minimum Gasteiger partial charge on any atom is -0.206 e. The fourth-order valence-electron chi connectivity index (χ4n) is 6.32. The molecule has 0 aromatic heterocycles. The van der Waals surface area contributed by atoms with Gasteiger partial charge in [-0.25, -0.2) is 17.6 Å². The molecule has 0 atom stereocenters. The Morgan fingerprint density at radius 1 is 0.222 bits per heavy atom. The monoisotopic (exact) mass is 490 g/mol. The lowest BCUT2D eigenvalue weighted by Crippen LogP contribution is -2.05. The Bertz CT molecular complexity index is 1590. The molecule has 0 radical (unpaired) electrons. The maximum absolute atomic E-state index is 16.4. The van der Waals surface area contributed by atoms with Crippen molar-refractivity contribution in [3.8, 4) is 0 Å². The van der Waals surface area contributed by atoms with E-state index in [0.29, 0.717) is 22.3 Å². The number of hydrogen-bond donors (Lipinski definition) is 0. The highest BCUT2D eigenvalue weighted by Gasteiger charge is 2.28. The van der Waals surface area contributed by atoms with E-state index in [4.69, 9.17) is 0 Å². The summed E-state index contributed by atoms with van der Waals surface area (Å²) in [6.45, 7) is 17.9. The average Bonchev–Trinajstić information content (AvgIpc) is 2.83. The molecule has 0 heterocycles. The van der Waals surface area contributed by atoms with E-state index < -0.39 is 23.3 Å². The molecule has 186 valence electrons. The van der Waals surface area contributed by atoms with Crippen LogP contribution in [0.5, 0.6) is 0 Å². The molecule has 36 heavy (non-hydrogen) atoms. The van der Waals surface area contributed by atoms with Gasteiger partial charge in [-0.05, 0) is 125 Å². The first kappa shape index (κ1) is 24.5. The molecule has 0 aliphatic carbocycles. The lowest BCUT2D eigenvalue weighted by atomic mass is 9.83. The normalized spacial score (nSPS) is 12.2. The van der Waals surface area contributed by atoms with E-state index >= 15 is 17.6 Å². The summed E-state index contributed by atoms with van der Waals surface area (Å²) in [4.78, 5) is 0. The van der Waals surface area contributed by atoms with Gasteiger partial charge in [0.1, 0.15) is 23.3 Å². The molecule has 0 unspecified atom stereocenters. The Morgan fingerprint density at radius 3 is 0.528 bits per heavy atom. The van der Waals surface area contributed by atoms with Gasteiger partial charge in [0.25, 0.3) is 0 Å². The van der Waals surface area contributed by atoms with Gasteiger partial charge in [0.05, 0.1) is 0 Å². The summed E-state index contributed by atoms with van der Waals surface area (Å²) in [5.41, 5.74) is 6.65. The molecule has 4 heteroatoms. The molecular weight excluding hydrogens is 460 g/mol. The molecule has 0 bridgehead atoms. The molecule has 0 N–H and O–H groups in total. The molecule has 0 saturated heterocycles. The van der Waals surface area contributed by atoms with Gasteiger partial charge in [-0.3, -0.25) is 0 Å². The number of hydrogen-bond acceptors (Lipinski definition) is 0. The van der Waals surface area contributed by atoms with Crippen LogP contribution in [-0.4, -0.2) is 0 Å². The zero-order valence-corrected chi connectivity index (χ0v) is 22.5. The number of benzene rings is 5. The molecular formula is C32H30F4. The summed E-state index contributed by atoms with van der Waals surface area (Å²) < 4.78 is 65.6. The van der Waals surface area contributed by atoms with Crippen molar-refractivity contribution in [3.05, 3.63) is 78.9 Å².